The molecule has 166 valence electrons. The van der Waals surface area contributed by atoms with E-state index in [-0.39, 0.29) is 0 Å². The predicted molar refractivity (Wildman–Crippen MR) is 154 cm³/mol. The molecule has 0 aliphatic heterocycles. The molecule has 0 aromatic heterocycles. The monoisotopic (exact) mass is 566 g/mol. The molecule has 0 saturated carbocycles. The number of hydrogen-bond acceptors (Lipinski definition) is 0. The largest absolute Gasteiger partial charge is 0.0616 e. The molecule has 0 bridgehead atoms. The van der Waals surface area contributed by atoms with Gasteiger partial charge in [0.05, 0.1) is 0 Å². The lowest BCUT2D eigenvalue weighted by atomic mass is 9.80. The van der Waals surface area contributed by atoms with Gasteiger partial charge < -0.3 is 0 Å². The maximum atomic E-state index is 3.87. The van der Waals surface area contributed by atoms with E-state index < -0.39 is 0 Å². The molecular formula is C32H24Br2. The second-order valence-corrected chi connectivity index (χ2v) is 11.0. The summed E-state index contributed by atoms with van der Waals surface area (Å²) in [5, 5.41) is 2.73. The van der Waals surface area contributed by atoms with Gasteiger partial charge in [0.1, 0.15) is 0 Å². The van der Waals surface area contributed by atoms with E-state index >= 15 is 0 Å². The Morgan fingerprint density at radius 2 is 0.853 bits per heavy atom. The molecule has 0 amide bonds. The number of benzene rings is 5. The standard InChI is InChI=1S/C32H24Br2/c1-17-13-15-21-16-14-18(2)27-31-20(4)29(23-10-6-8-12-25(23)34)28(22-9-5-7-11-24(22)33)19(3)30(31)26(17)32(21)27/h5-16H,1-4H3. The molecule has 0 saturated heterocycles. The third-order valence-electron chi connectivity index (χ3n) is 7.39. The Hall–Kier alpha value is -2.68. The van der Waals surface area contributed by atoms with Crippen molar-refractivity contribution in [2.75, 3.05) is 0 Å². The van der Waals surface area contributed by atoms with Crippen LogP contribution in [-0.2, 0) is 0 Å². The molecule has 0 heterocycles. The fraction of sp³-hybridized carbons (Fsp3) is 0.125. The molecule has 1 aliphatic rings. The summed E-state index contributed by atoms with van der Waals surface area (Å²) >= 11 is 7.74. The quantitative estimate of drug-likeness (QED) is 0.195. The van der Waals surface area contributed by atoms with Crippen molar-refractivity contribution in [2.45, 2.75) is 27.7 Å². The van der Waals surface area contributed by atoms with E-state index in [2.05, 4.69) is 132 Å². The maximum Gasteiger partial charge on any atom is 0.0254 e. The molecule has 0 spiro atoms. The first-order chi connectivity index (χ1) is 16.4. The van der Waals surface area contributed by atoms with Crippen molar-refractivity contribution in [3.63, 3.8) is 0 Å². The highest BCUT2D eigenvalue weighted by Crippen LogP contribution is 2.57. The number of aryl methyl sites for hydroxylation is 2. The molecular weight excluding hydrogens is 544 g/mol. The van der Waals surface area contributed by atoms with Crippen LogP contribution in [0.4, 0.5) is 0 Å². The van der Waals surface area contributed by atoms with Crippen molar-refractivity contribution in [3.05, 3.63) is 104 Å². The summed E-state index contributed by atoms with van der Waals surface area (Å²) in [6.07, 6.45) is 0. The molecule has 0 atom stereocenters. The van der Waals surface area contributed by atoms with E-state index in [9.17, 15) is 0 Å². The van der Waals surface area contributed by atoms with E-state index in [4.69, 9.17) is 0 Å². The third-order valence-corrected chi connectivity index (χ3v) is 8.77. The van der Waals surface area contributed by atoms with Crippen molar-refractivity contribution < 1.29 is 0 Å². The molecule has 5 aromatic carbocycles. The van der Waals surface area contributed by atoms with Crippen molar-refractivity contribution in [2.24, 2.45) is 0 Å². The first-order valence-corrected chi connectivity index (χ1v) is 13.2. The summed E-state index contributed by atoms with van der Waals surface area (Å²) in [6, 6.07) is 26.3. The maximum absolute atomic E-state index is 3.87. The Balaban J connectivity index is 1.88. The molecule has 0 fully saturated rings. The van der Waals surface area contributed by atoms with Gasteiger partial charge in [-0.2, -0.15) is 0 Å². The molecule has 1 aliphatic carbocycles. The summed E-state index contributed by atoms with van der Waals surface area (Å²) in [6.45, 7) is 9.13. The van der Waals surface area contributed by atoms with Crippen LogP contribution in [0.3, 0.4) is 0 Å². The normalized spacial score (nSPS) is 11.8. The first-order valence-electron chi connectivity index (χ1n) is 11.6. The van der Waals surface area contributed by atoms with Crippen molar-refractivity contribution in [1.29, 1.82) is 0 Å². The summed E-state index contributed by atoms with van der Waals surface area (Å²) < 4.78 is 2.24. The van der Waals surface area contributed by atoms with Gasteiger partial charge in [-0.25, -0.2) is 0 Å². The number of fused-ring (bicyclic) bond motifs is 3. The molecule has 2 heteroatoms. The average Bonchev–Trinajstić information content (AvgIpc) is 3.20. The second-order valence-electron chi connectivity index (χ2n) is 9.32. The van der Waals surface area contributed by atoms with Crippen LogP contribution in [0.1, 0.15) is 22.3 Å². The predicted octanol–water partition coefficient (Wildman–Crippen LogP) is 10.6. The molecule has 0 nitrogen and oxygen atoms in total. The highest BCUT2D eigenvalue weighted by Gasteiger charge is 2.32. The lowest BCUT2D eigenvalue weighted by Crippen LogP contribution is -2.00. The van der Waals surface area contributed by atoms with Crippen LogP contribution in [0.15, 0.2) is 81.7 Å². The minimum Gasteiger partial charge on any atom is -0.0616 e. The van der Waals surface area contributed by atoms with Gasteiger partial charge in [0.15, 0.2) is 0 Å². The van der Waals surface area contributed by atoms with E-state index in [1.165, 1.54) is 77.5 Å². The fourth-order valence-electron chi connectivity index (χ4n) is 5.90. The summed E-state index contributed by atoms with van der Waals surface area (Å²) in [4.78, 5) is 0. The van der Waals surface area contributed by atoms with E-state index in [1.54, 1.807) is 0 Å². The van der Waals surface area contributed by atoms with Crippen LogP contribution in [0.2, 0.25) is 0 Å². The third kappa shape index (κ3) is 2.95. The Morgan fingerprint density at radius 1 is 0.441 bits per heavy atom. The van der Waals surface area contributed by atoms with Crippen LogP contribution in [0.5, 0.6) is 0 Å². The van der Waals surface area contributed by atoms with Gasteiger partial charge in [-0.3, -0.25) is 0 Å². The van der Waals surface area contributed by atoms with E-state index in [1.807, 2.05) is 0 Å². The van der Waals surface area contributed by atoms with Crippen LogP contribution in [-0.4, -0.2) is 0 Å². The van der Waals surface area contributed by atoms with E-state index in [0.717, 1.165) is 8.95 Å². The first kappa shape index (κ1) is 21.8. The number of rotatable bonds is 2. The lowest BCUT2D eigenvalue weighted by Gasteiger charge is -2.24. The Kier molecular flexibility index (Phi) is 5.09. The van der Waals surface area contributed by atoms with Gasteiger partial charge in [-0.1, -0.05) is 92.5 Å². The van der Waals surface area contributed by atoms with Gasteiger partial charge in [0.25, 0.3) is 0 Å². The molecule has 34 heavy (non-hydrogen) atoms. The Bertz CT molecular complexity index is 1540. The van der Waals surface area contributed by atoms with Gasteiger partial charge in [0.2, 0.25) is 0 Å². The molecule has 0 radical (unpaired) electrons. The smallest absolute Gasteiger partial charge is 0.0254 e. The average molecular weight is 568 g/mol. The molecule has 0 unspecified atom stereocenters. The van der Waals surface area contributed by atoms with Crippen molar-refractivity contribution >= 4 is 42.6 Å². The highest BCUT2D eigenvalue weighted by atomic mass is 79.9. The van der Waals surface area contributed by atoms with Crippen LogP contribution in [0, 0.1) is 27.7 Å². The Labute approximate surface area is 217 Å². The van der Waals surface area contributed by atoms with E-state index in [0.29, 0.717) is 0 Å². The molecule has 0 N–H and O–H groups in total. The minimum atomic E-state index is 1.12. The van der Waals surface area contributed by atoms with Crippen LogP contribution in [0.25, 0.3) is 55.3 Å². The summed E-state index contributed by atoms with van der Waals surface area (Å²) in [5.74, 6) is 0. The van der Waals surface area contributed by atoms with Gasteiger partial charge in [-0.05, 0) is 117 Å². The Morgan fingerprint density at radius 3 is 1.26 bits per heavy atom. The highest BCUT2D eigenvalue weighted by molar-refractivity contribution is 9.11. The van der Waals surface area contributed by atoms with Gasteiger partial charge in [0, 0.05) is 8.95 Å². The fourth-order valence-corrected chi connectivity index (χ4v) is 6.86. The van der Waals surface area contributed by atoms with Crippen LogP contribution < -0.4 is 0 Å². The van der Waals surface area contributed by atoms with Crippen molar-refractivity contribution in [1.82, 2.24) is 0 Å². The van der Waals surface area contributed by atoms with Crippen LogP contribution >= 0.6 is 31.9 Å². The molecule has 6 rings (SSSR count). The molecule has 5 aromatic rings. The zero-order valence-corrected chi connectivity index (χ0v) is 22.9. The van der Waals surface area contributed by atoms with Gasteiger partial charge >= 0.3 is 0 Å². The lowest BCUT2D eigenvalue weighted by molar-refractivity contribution is 1.37. The number of halogens is 2. The number of hydrogen-bond donors (Lipinski definition) is 0. The minimum absolute atomic E-state index is 1.12. The topological polar surface area (TPSA) is 0 Å². The zero-order valence-electron chi connectivity index (χ0n) is 19.7. The summed E-state index contributed by atoms with van der Waals surface area (Å²) in [5.41, 5.74) is 16.0. The zero-order chi connectivity index (χ0) is 23.7. The van der Waals surface area contributed by atoms with Gasteiger partial charge in [-0.15, -0.1) is 0 Å². The summed E-state index contributed by atoms with van der Waals surface area (Å²) in [7, 11) is 0. The SMILES string of the molecule is Cc1ccc2ccc(C)c3c2c1-c1c(C)c(-c2ccccc2Br)c(-c2ccccc2Br)c(C)c1-3. The second kappa shape index (κ2) is 7.93. The van der Waals surface area contributed by atoms with Crippen molar-refractivity contribution in [3.8, 4) is 44.5 Å².